The molecule has 26 heavy (non-hydrogen) atoms. The summed E-state index contributed by atoms with van der Waals surface area (Å²) in [7, 11) is -3.67. The summed E-state index contributed by atoms with van der Waals surface area (Å²) in [5.74, 6) is -2.62. The minimum atomic E-state index is -3.67. The van der Waals surface area contributed by atoms with Crippen molar-refractivity contribution in [2.45, 2.75) is 45.3 Å². The predicted molar refractivity (Wildman–Crippen MR) is 97.5 cm³/mol. The molecule has 0 aromatic heterocycles. The van der Waals surface area contributed by atoms with E-state index in [1.54, 1.807) is 26.0 Å². The van der Waals surface area contributed by atoms with Crippen LogP contribution in [0.15, 0.2) is 24.3 Å². The Balaban J connectivity index is 2.59. The molecule has 2 unspecified atom stereocenters. The molecule has 1 aromatic carbocycles. The Bertz CT molecular complexity index is 748. The normalized spacial score (nSPS) is 21.1. The summed E-state index contributed by atoms with van der Waals surface area (Å²) in [6.45, 7) is 6.87. The fourth-order valence-electron chi connectivity index (χ4n) is 3.50. The summed E-state index contributed by atoms with van der Waals surface area (Å²) in [5.41, 5.74) is -0.110. The smallest absolute Gasteiger partial charge is 0.325 e. The van der Waals surface area contributed by atoms with Gasteiger partial charge in [0.05, 0.1) is 18.5 Å². The average molecular weight is 382 g/mol. The lowest BCUT2D eigenvalue weighted by molar-refractivity contribution is -0.164. The summed E-state index contributed by atoms with van der Waals surface area (Å²) in [6, 6.07) is 7.32. The van der Waals surface area contributed by atoms with Gasteiger partial charge in [0.25, 0.3) is 0 Å². The second-order valence-corrected chi connectivity index (χ2v) is 8.67. The number of ether oxygens (including phenoxy) is 2. The quantitative estimate of drug-likeness (QED) is 0.506. The van der Waals surface area contributed by atoms with E-state index in [-0.39, 0.29) is 19.0 Å². The van der Waals surface area contributed by atoms with Crippen LogP contribution < -0.4 is 0 Å². The van der Waals surface area contributed by atoms with Crippen LogP contribution in [0.1, 0.15) is 44.7 Å². The van der Waals surface area contributed by atoms with Crippen molar-refractivity contribution in [1.29, 1.82) is 0 Å². The van der Waals surface area contributed by atoms with Gasteiger partial charge in [-0.25, -0.2) is 8.42 Å². The number of carbonyl (C=O) groups is 2. The number of sulfone groups is 1. The highest BCUT2D eigenvalue weighted by Gasteiger charge is 2.81. The fraction of sp³-hybridized carbons (Fsp3) is 0.579. The van der Waals surface area contributed by atoms with Crippen LogP contribution in [-0.2, 0) is 35.3 Å². The molecule has 0 saturated heterocycles. The van der Waals surface area contributed by atoms with Crippen LogP contribution in [0.25, 0.3) is 0 Å². The van der Waals surface area contributed by atoms with Gasteiger partial charge in [0.1, 0.15) is 0 Å². The molecule has 0 N–H and O–H groups in total. The Kier molecular flexibility index (Phi) is 6.11. The second kappa shape index (κ2) is 7.78. The first-order valence-electron chi connectivity index (χ1n) is 8.95. The first kappa shape index (κ1) is 20.4. The first-order chi connectivity index (χ1) is 12.3. The van der Waals surface area contributed by atoms with E-state index in [9.17, 15) is 18.0 Å². The van der Waals surface area contributed by atoms with Gasteiger partial charge in [0.2, 0.25) is 0 Å². The number of aryl methyl sites for hydroxylation is 1. The standard InChI is InChI=1S/C19H26O6S/c1-5-13-9-11-14(12-10-13)15-16(26(22,23)8-4)19(15,17(20)24-6-2)18(21)25-7-3/h9-12,15-16H,5-8H2,1-4H3. The van der Waals surface area contributed by atoms with Crippen LogP contribution in [0.5, 0.6) is 0 Å². The predicted octanol–water partition coefficient (Wildman–Crippen LogP) is 2.26. The fourth-order valence-corrected chi connectivity index (χ4v) is 5.47. The number of rotatable bonds is 8. The van der Waals surface area contributed by atoms with Crippen molar-refractivity contribution in [1.82, 2.24) is 0 Å². The Morgan fingerprint density at radius 3 is 1.85 bits per heavy atom. The minimum absolute atomic E-state index is 0.0559. The van der Waals surface area contributed by atoms with Gasteiger partial charge < -0.3 is 9.47 Å². The average Bonchev–Trinajstić information content (AvgIpc) is 3.35. The van der Waals surface area contributed by atoms with Gasteiger partial charge in [-0.3, -0.25) is 9.59 Å². The summed E-state index contributed by atoms with van der Waals surface area (Å²) >= 11 is 0. The molecule has 144 valence electrons. The Labute approximate surface area is 154 Å². The molecule has 1 fully saturated rings. The molecular formula is C19H26O6S. The van der Waals surface area contributed by atoms with E-state index in [0.717, 1.165) is 12.0 Å². The molecule has 1 aliphatic rings. The van der Waals surface area contributed by atoms with Crippen molar-refractivity contribution < 1.29 is 27.5 Å². The van der Waals surface area contributed by atoms with Gasteiger partial charge in [-0.2, -0.15) is 0 Å². The van der Waals surface area contributed by atoms with E-state index in [0.29, 0.717) is 5.56 Å². The molecule has 6 nitrogen and oxygen atoms in total. The van der Waals surface area contributed by atoms with Crippen molar-refractivity contribution in [2.75, 3.05) is 19.0 Å². The van der Waals surface area contributed by atoms with Gasteiger partial charge in [-0.15, -0.1) is 0 Å². The minimum Gasteiger partial charge on any atom is -0.465 e. The lowest BCUT2D eigenvalue weighted by Crippen LogP contribution is -2.36. The summed E-state index contributed by atoms with van der Waals surface area (Å²) in [5, 5.41) is -1.16. The van der Waals surface area contributed by atoms with Crippen molar-refractivity contribution >= 4 is 21.8 Å². The van der Waals surface area contributed by atoms with E-state index < -0.39 is 38.4 Å². The number of carbonyl (C=O) groups excluding carboxylic acids is 2. The van der Waals surface area contributed by atoms with Gasteiger partial charge in [-0.1, -0.05) is 38.1 Å². The molecule has 0 heterocycles. The molecule has 2 atom stereocenters. The number of benzene rings is 1. The molecule has 1 aliphatic carbocycles. The lowest BCUT2D eigenvalue weighted by atomic mass is 9.98. The Morgan fingerprint density at radius 2 is 1.46 bits per heavy atom. The molecular weight excluding hydrogens is 356 g/mol. The molecule has 0 radical (unpaired) electrons. The van der Waals surface area contributed by atoms with Crippen molar-refractivity contribution in [3.63, 3.8) is 0 Å². The third kappa shape index (κ3) is 3.24. The monoisotopic (exact) mass is 382 g/mol. The number of hydrogen-bond acceptors (Lipinski definition) is 6. The topological polar surface area (TPSA) is 86.7 Å². The van der Waals surface area contributed by atoms with E-state index in [1.807, 2.05) is 19.1 Å². The van der Waals surface area contributed by atoms with Crippen molar-refractivity contribution in [2.24, 2.45) is 5.41 Å². The highest BCUT2D eigenvalue weighted by atomic mass is 32.2. The van der Waals surface area contributed by atoms with Gasteiger partial charge >= 0.3 is 11.9 Å². The van der Waals surface area contributed by atoms with Crippen LogP contribution >= 0.6 is 0 Å². The SMILES string of the molecule is CCOC(=O)C1(C(=O)OCC)C(c2ccc(CC)cc2)C1S(=O)(=O)CC. The first-order valence-corrected chi connectivity index (χ1v) is 10.7. The van der Waals surface area contributed by atoms with E-state index in [4.69, 9.17) is 9.47 Å². The summed E-state index contributed by atoms with van der Waals surface area (Å²) in [6.07, 6.45) is 0.836. The molecule has 1 saturated carbocycles. The molecule has 0 amide bonds. The Hall–Kier alpha value is -1.89. The summed E-state index contributed by atoms with van der Waals surface area (Å²) < 4.78 is 35.6. The largest absolute Gasteiger partial charge is 0.465 e. The van der Waals surface area contributed by atoms with Crippen LogP contribution in [0.4, 0.5) is 0 Å². The van der Waals surface area contributed by atoms with E-state index >= 15 is 0 Å². The van der Waals surface area contributed by atoms with Crippen LogP contribution in [0.3, 0.4) is 0 Å². The molecule has 0 spiro atoms. The molecule has 0 bridgehead atoms. The van der Waals surface area contributed by atoms with Gasteiger partial charge in [0, 0.05) is 11.7 Å². The van der Waals surface area contributed by atoms with Gasteiger partial charge in [-0.05, 0) is 31.4 Å². The zero-order valence-electron chi connectivity index (χ0n) is 15.7. The maximum Gasteiger partial charge on any atom is 0.325 e. The second-order valence-electron chi connectivity index (χ2n) is 6.25. The summed E-state index contributed by atoms with van der Waals surface area (Å²) in [4.78, 5) is 25.5. The zero-order chi connectivity index (χ0) is 19.5. The third-order valence-electron chi connectivity index (χ3n) is 4.90. The highest BCUT2D eigenvalue weighted by molar-refractivity contribution is 7.92. The highest BCUT2D eigenvalue weighted by Crippen LogP contribution is 2.64. The van der Waals surface area contributed by atoms with Crippen molar-refractivity contribution in [3.05, 3.63) is 35.4 Å². The lowest BCUT2D eigenvalue weighted by Gasteiger charge is -2.15. The third-order valence-corrected chi connectivity index (χ3v) is 7.12. The van der Waals surface area contributed by atoms with Crippen molar-refractivity contribution in [3.8, 4) is 0 Å². The Morgan fingerprint density at radius 1 is 0.962 bits per heavy atom. The zero-order valence-corrected chi connectivity index (χ0v) is 16.5. The van der Waals surface area contributed by atoms with Gasteiger partial charge in [0.15, 0.2) is 15.3 Å². The van der Waals surface area contributed by atoms with E-state index in [2.05, 4.69) is 0 Å². The number of hydrogen-bond donors (Lipinski definition) is 0. The maximum atomic E-state index is 12.7. The molecule has 7 heteroatoms. The maximum absolute atomic E-state index is 12.7. The van der Waals surface area contributed by atoms with E-state index in [1.165, 1.54) is 6.92 Å². The van der Waals surface area contributed by atoms with Crippen LogP contribution in [0, 0.1) is 5.41 Å². The number of esters is 2. The van der Waals surface area contributed by atoms with Crippen LogP contribution in [0.2, 0.25) is 0 Å². The molecule has 1 aromatic rings. The van der Waals surface area contributed by atoms with Crippen LogP contribution in [-0.4, -0.2) is 44.6 Å². The molecule has 2 rings (SSSR count). The molecule has 0 aliphatic heterocycles.